The molecule has 2 N–H and O–H groups in total. The van der Waals surface area contributed by atoms with Crippen molar-refractivity contribution in [2.45, 2.75) is 32.3 Å². The molecule has 4 aromatic rings. The predicted molar refractivity (Wildman–Crippen MR) is 167 cm³/mol. The molecule has 10 nitrogen and oxygen atoms in total. The topological polar surface area (TPSA) is 129 Å². The monoisotopic (exact) mass is 627 g/mol. The van der Waals surface area contributed by atoms with Gasteiger partial charge in [-0.3, -0.25) is 14.3 Å². The van der Waals surface area contributed by atoms with Crippen LogP contribution in [0.1, 0.15) is 57.8 Å². The van der Waals surface area contributed by atoms with Gasteiger partial charge in [0.05, 0.1) is 36.1 Å². The first-order chi connectivity index (χ1) is 22.2. The zero-order chi connectivity index (χ0) is 32.6. The molecule has 1 saturated heterocycles. The third kappa shape index (κ3) is 5.51. The Bertz CT molecular complexity index is 1820. The Balaban J connectivity index is 1.47. The zero-order valence-electron chi connectivity index (χ0n) is 25.8. The number of halogens is 1. The Labute approximate surface area is 265 Å². The lowest BCUT2D eigenvalue weighted by Gasteiger charge is -2.45. The largest absolute Gasteiger partial charge is 0.493 e. The van der Waals surface area contributed by atoms with Crippen molar-refractivity contribution in [2.24, 2.45) is 13.0 Å². The summed E-state index contributed by atoms with van der Waals surface area (Å²) in [6.45, 7) is 5.13. The number of carboxylic acids is 1. The SMILES string of the molecule is CCOc1cc(C(=O)C2C(=O)c3cc(-c4cnn(C)c4)ccc3OC23CCNCC3)cc(OCC)c1-c1ccc(C(=O)O)c(F)c1. The Kier molecular flexibility index (Phi) is 8.35. The molecule has 0 saturated carbocycles. The van der Waals surface area contributed by atoms with E-state index in [0.717, 1.165) is 17.2 Å². The number of aromatic nitrogens is 2. The van der Waals surface area contributed by atoms with Crippen LogP contribution in [0.3, 0.4) is 0 Å². The molecule has 1 unspecified atom stereocenters. The molecule has 11 heteroatoms. The van der Waals surface area contributed by atoms with Gasteiger partial charge in [0.2, 0.25) is 0 Å². The number of hydrogen-bond acceptors (Lipinski definition) is 8. The van der Waals surface area contributed by atoms with E-state index in [1.165, 1.54) is 24.3 Å². The van der Waals surface area contributed by atoms with Crippen molar-refractivity contribution >= 4 is 17.5 Å². The van der Waals surface area contributed by atoms with Crippen molar-refractivity contribution < 1.29 is 38.1 Å². The lowest BCUT2D eigenvalue weighted by Crippen LogP contribution is -2.58. The summed E-state index contributed by atoms with van der Waals surface area (Å²) in [4.78, 5) is 40.5. The fourth-order valence-corrected chi connectivity index (χ4v) is 6.40. The van der Waals surface area contributed by atoms with Crippen LogP contribution in [0.4, 0.5) is 4.39 Å². The van der Waals surface area contributed by atoms with Crippen molar-refractivity contribution in [2.75, 3.05) is 26.3 Å². The van der Waals surface area contributed by atoms with Crippen molar-refractivity contribution in [1.29, 1.82) is 0 Å². The van der Waals surface area contributed by atoms with Gasteiger partial charge < -0.3 is 24.6 Å². The zero-order valence-corrected chi connectivity index (χ0v) is 25.8. The van der Waals surface area contributed by atoms with Crippen LogP contribution < -0.4 is 19.5 Å². The van der Waals surface area contributed by atoms with Crippen LogP contribution in [0.2, 0.25) is 0 Å². The Morgan fingerprint density at radius 2 is 1.70 bits per heavy atom. The van der Waals surface area contributed by atoms with E-state index < -0.39 is 34.7 Å². The summed E-state index contributed by atoms with van der Waals surface area (Å²) >= 11 is 0. The molecule has 1 fully saturated rings. The van der Waals surface area contributed by atoms with Crippen LogP contribution in [-0.2, 0) is 7.05 Å². The molecule has 2 aliphatic heterocycles. The number of carboxylic acid groups (broad SMARTS) is 1. The summed E-state index contributed by atoms with van der Waals surface area (Å²) < 4.78 is 35.0. The maximum Gasteiger partial charge on any atom is 0.338 e. The number of ketones is 2. The van der Waals surface area contributed by atoms with E-state index in [2.05, 4.69) is 10.4 Å². The van der Waals surface area contributed by atoms with Gasteiger partial charge in [-0.2, -0.15) is 5.10 Å². The number of benzene rings is 3. The number of aromatic carboxylic acids is 1. The van der Waals surface area contributed by atoms with Gasteiger partial charge in [0.15, 0.2) is 11.6 Å². The van der Waals surface area contributed by atoms with E-state index in [9.17, 15) is 23.9 Å². The van der Waals surface area contributed by atoms with E-state index in [1.54, 1.807) is 36.9 Å². The first-order valence-corrected chi connectivity index (χ1v) is 15.2. The highest BCUT2D eigenvalue weighted by Gasteiger charge is 2.54. The average Bonchev–Trinajstić information content (AvgIpc) is 3.47. The molecule has 2 aliphatic rings. The van der Waals surface area contributed by atoms with Crippen LogP contribution in [-0.4, -0.2) is 64.3 Å². The smallest absolute Gasteiger partial charge is 0.338 e. The second kappa shape index (κ2) is 12.4. The predicted octanol–water partition coefficient (Wildman–Crippen LogP) is 5.59. The van der Waals surface area contributed by atoms with Crippen molar-refractivity contribution in [1.82, 2.24) is 15.1 Å². The van der Waals surface area contributed by atoms with Crippen LogP contribution in [0.5, 0.6) is 17.2 Å². The first-order valence-electron chi connectivity index (χ1n) is 15.2. The van der Waals surface area contributed by atoms with Gasteiger partial charge in [0.1, 0.15) is 34.6 Å². The van der Waals surface area contributed by atoms with Crippen molar-refractivity contribution in [3.63, 3.8) is 0 Å². The number of hydrogen-bond donors (Lipinski definition) is 2. The molecular formula is C35H34FN3O7. The van der Waals surface area contributed by atoms with Gasteiger partial charge in [-0.05, 0) is 74.5 Å². The number of nitrogens with zero attached hydrogens (tertiary/aromatic N) is 2. The minimum Gasteiger partial charge on any atom is -0.493 e. The van der Waals surface area contributed by atoms with Crippen LogP contribution in [0.15, 0.2) is 60.9 Å². The molecule has 0 bridgehead atoms. The Hall–Kier alpha value is -5.03. The molecule has 1 aromatic heterocycles. The summed E-state index contributed by atoms with van der Waals surface area (Å²) in [5.41, 5.74) is 1.26. The lowest BCUT2D eigenvalue weighted by atomic mass is 9.70. The van der Waals surface area contributed by atoms with E-state index in [0.29, 0.717) is 48.4 Å². The molecule has 0 aliphatic carbocycles. The van der Waals surface area contributed by atoms with Crippen LogP contribution in [0.25, 0.3) is 22.3 Å². The fraction of sp³-hybridized carbons (Fsp3) is 0.314. The van der Waals surface area contributed by atoms with Crippen molar-refractivity contribution in [3.05, 3.63) is 83.4 Å². The molecule has 6 rings (SSSR count). The molecule has 46 heavy (non-hydrogen) atoms. The fourth-order valence-electron chi connectivity index (χ4n) is 6.40. The summed E-state index contributed by atoms with van der Waals surface area (Å²) in [5.74, 6) is -3.30. The number of carbonyl (C=O) groups is 3. The van der Waals surface area contributed by atoms with E-state index in [-0.39, 0.29) is 36.1 Å². The highest BCUT2D eigenvalue weighted by molar-refractivity contribution is 6.19. The summed E-state index contributed by atoms with van der Waals surface area (Å²) in [6, 6.07) is 12.2. The molecule has 3 heterocycles. The van der Waals surface area contributed by atoms with Gasteiger partial charge >= 0.3 is 5.97 Å². The highest BCUT2D eigenvalue weighted by Crippen LogP contribution is 2.46. The Morgan fingerprint density at radius 3 is 2.28 bits per heavy atom. The molecule has 3 aromatic carbocycles. The maximum absolute atomic E-state index is 14.8. The number of Topliss-reactive ketones (excluding diaryl/α,β-unsaturated/α-hetero) is 2. The summed E-state index contributed by atoms with van der Waals surface area (Å²) in [5, 5.41) is 16.9. The molecule has 0 radical (unpaired) electrons. The summed E-state index contributed by atoms with van der Waals surface area (Å²) in [7, 11) is 1.81. The highest BCUT2D eigenvalue weighted by atomic mass is 19.1. The minimum atomic E-state index is -1.39. The number of nitrogens with one attached hydrogen (secondary N) is 1. The maximum atomic E-state index is 14.8. The van der Waals surface area contributed by atoms with E-state index in [4.69, 9.17) is 14.2 Å². The average molecular weight is 628 g/mol. The second-order valence-corrected chi connectivity index (χ2v) is 11.4. The number of fused-ring (bicyclic) bond motifs is 1. The third-order valence-corrected chi connectivity index (χ3v) is 8.54. The molecule has 1 spiro atoms. The standard InChI is InChI=1S/C35H34FN3O7/c1-4-44-28-16-22(17-29(45-5-2)30(28)21-6-8-24(34(42)43)26(36)15-21)32(40)31-33(41)25-14-20(23-18-38-39(3)19-23)7-9-27(25)46-35(31)10-12-37-13-11-35/h6-9,14-19,31,37H,4-5,10-13H2,1-3H3,(H,42,43). The number of piperidine rings is 1. The first kappa shape index (κ1) is 31.0. The van der Waals surface area contributed by atoms with E-state index >= 15 is 0 Å². The lowest BCUT2D eigenvalue weighted by molar-refractivity contribution is -0.0138. The van der Waals surface area contributed by atoms with Gasteiger partial charge in [-0.15, -0.1) is 0 Å². The van der Waals surface area contributed by atoms with Gasteiger partial charge in [-0.25, -0.2) is 9.18 Å². The second-order valence-electron chi connectivity index (χ2n) is 11.4. The molecule has 0 amide bonds. The third-order valence-electron chi connectivity index (χ3n) is 8.54. The number of aryl methyl sites for hydroxylation is 1. The van der Waals surface area contributed by atoms with Crippen LogP contribution in [0, 0.1) is 11.7 Å². The molecule has 1 atom stereocenters. The number of ether oxygens (including phenoxy) is 3. The van der Waals surface area contributed by atoms with Gasteiger partial charge in [0.25, 0.3) is 0 Å². The Morgan fingerprint density at radius 1 is 1.02 bits per heavy atom. The molecule has 238 valence electrons. The van der Waals surface area contributed by atoms with Gasteiger partial charge in [-0.1, -0.05) is 12.1 Å². The van der Waals surface area contributed by atoms with Gasteiger partial charge in [0, 0.05) is 37.2 Å². The van der Waals surface area contributed by atoms with E-state index in [1.807, 2.05) is 19.3 Å². The van der Waals surface area contributed by atoms with Crippen molar-refractivity contribution in [3.8, 4) is 39.5 Å². The quantitative estimate of drug-likeness (QED) is 0.180. The van der Waals surface area contributed by atoms with Crippen LogP contribution >= 0.6 is 0 Å². The normalized spacial score (nSPS) is 16.9. The summed E-state index contributed by atoms with van der Waals surface area (Å²) in [6.07, 6.45) is 4.45. The molecular weight excluding hydrogens is 593 g/mol. The number of carbonyl (C=O) groups excluding carboxylic acids is 2. The number of rotatable bonds is 9. The minimum absolute atomic E-state index is 0.185.